The molecule has 0 spiro atoms. The summed E-state index contributed by atoms with van der Waals surface area (Å²) in [6, 6.07) is 3.45. The number of fused-ring (bicyclic) bond motifs is 3. The molecule has 1 unspecified atom stereocenters. The van der Waals surface area contributed by atoms with Crippen LogP contribution in [0.1, 0.15) is 55.3 Å². The van der Waals surface area contributed by atoms with E-state index in [0.29, 0.717) is 23.1 Å². The predicted molar refractivity (Wildman–Crippen MR) is 118 cm³/mol. The van der Waals surface area contributed by atoms with E-state index >= 15 is 0 Å². The molecule has 1 saturated heterocycles. The van der Waals surface area contributed by atoms with Crippen molar-refractivity contribution in [3.05, 3.63) is 57.7 Å². The molecule has 5 rings (SSSR count). The van der Waals surface area contributed by atoms with Gasteiger partial charge in [0.15, 0.2) is 6.23 Å². The maximum Gasteiger partial charge on any atom is 0.401 e. The van der Waals surface area contributed by atoms with Crippen LogP contribution in [-0.4, -0.2) is 45.0 Å². The van der Waals surface area contributed by atoms with Crippen molar-refractivity contribution in [1.29, 1.82) is 0 Å². The molecule has 0 aliphatic carbocycles. The first-order valence-corrected chi connectivity index (χ1v) is 11.8. The highest BCUT2D eigenvalue weighted by Gasteiger charge is 2.42. The second kappa shape index (κ2) is 8.63. The molecule has 0 saturated carbocycles. The first kappa shape index (κ1) is 22.7. The Bertz CT molecular complexity index is 1180. The minimum atomic E-state index is -4.43. The quantitative estimate of drug-likeness (QED) is 0.396. The van der Waals surface area contributed by atoms with Gasteiger partial charge in [0.1, 0.15) is 5.82 Å². The van der Waals surface area contributed by atoms with Crippen LogP contribution in [0.2, 0.25) is 0 Å². The Balaban J connectivity index is 1.65. The first-order valence-electron chi connectivity index (χ1n) is 11.0. The Morgan fingerprint density at radius 1 is 1.21 bits per heavy atom. The summed E-state index contributed by atoms with van der Waals surface area (Å²) in [6.45, 7) is 1.27. The van der Waals surface area contributed by atoms with Crippen LogP contribution in [0.15, 0.2) is 35.1 Å². The van der Waals surface area contributed by atoms with Gasteiger partial charge >= 0.3 is 6.18 Å². The van der Waals surface area contributed by atoms with Gasteiger partial charge < -0.3 is 4.74 Å². The Labute approximate surface area is 196 Å². The highest BCUT2D eigenvalue weighted by Crippen LogP contribution is 2.43. The molecule has 10 heteroatoms. The third-order valence-corrected chi connectivity index (χ3v) is 6.94. The van der Waals surface area contributed by atoms with E-state index in [9.17, 15) is 17.6 Å². The fourth-order valence-corrected chi connectivity index (χ4v) is 5.36. The molecule has 0 bridgehead atoms. The van der Waals surface area contributed by atoms with E-state index in [-0.39, 0.29) is 11.9 Å². The van der Waals surface area contributed by atoms with Crippen LogP contribution >= 0.6 is 15.9 Å². The van der Waals surface area contributed by atoms with E-state index in [1.54, 1.807) is 19.2 Å². The van der Waals surface area contributed by atoms with Crippen LogP contribution in [0.5, 0.6) is 0 Å². The molecule has 2 aromatic heterocycles. The van der Waals surface area contributed by atoms with Crippen molar-refractivity contribution in [2.24, 2.45) is 0 Å². The smallest absolute Gasteiger partial charge is 0.356 e. The zero-order chi connectivity index (χ0) is 23.3. The number of nitrogens with zero attached hydrogens (tertiary/aromatic N) is 4. The normalized spacial score (nSPS) is 24.2. The topological polar surface area (TPSA) is 43.2 Å². The fourth-order valence-electron chi connectivity index (χ4n) is 5.06. The number of ether oxygens (including phenoxy) is 1. The summed E-state index contributed by atoms with van der Waals surface area (Å²) < 4.78 is 63.7. The van der Waals surface area contributed by atoms with E-state index in [1.165, 1.54) is 17.2 Å². The Morgan fingerprint density at radius 2 is 2.03 bits per heavy atom. The highest BCUT2D eigenvalue weighted by molar-refractivity contribution is 9.10. The largest absolute Gasteiger partial charge is 0.401 e. The molecule has 5 nitrogen and oxygen atoms in total. The van der Waals surface area contributed by atoms with Crippen molar-refractivity contribution in [3.8, 4) is 0 Å². The lowest BCUT2D eigenvalue weighted by molar-refractivity contribution is -0.155. The lowest BCUT2D eigenvalue weighted by Crippen LogP contribution is -2.47. The van der Waals surface area contributed by atoms with Gasteiger partial charge in [-0.2, -0.15) is 18.3 Å². The minimum absolute atomic E-state index is 0.0161. The van der Waals surface area contributed by atoms with Crippen LogP contribution in [0, 0.1) is 5.82 Å². The van der Waals surface area contributed by atoms with E-state index in [1.807, 2.05) is 10.7 Å². The second-order valence-corrected chi connectivity index (χ2v) is 9.66. The molecule has 2 aliphatic rings. The van der Waals surface area contributed by atoms with Crippen LogP contribution < -0.4 is 0 Å². The third-order valence-electron chi connectivity index (χ3n) is 6.51. The molecule has 0 N–H and O–H groups in total. The lowest BCUT2D eigenvalue weighted by Gasteiger charge is -2.42. The molecule has 33 heavy (non-hydrogen) atoms. The maximum absolute atomic E-state index is 15.0. The minimum Gasteiger partial charge on any atom is -0.356 e. The Kier molecular flexibility index (Phi) is 5.95. The van der Waals surface area contributed by atoms with Gasteiger partial charge in [-0.05, 0) is 71.8 Å². The van der Waals surface area contributed by atoms with Gasteiger partial charge in [-0.25, -0.2) is 9.07 Å². The van der Waals surface area contributed by atoms with Crippen molar-refractivity contribution in [2.45, 2.75) is 57.1 Å². The molecule has 2 aliphatic heterocycles. The molecule has 176 valence electrons. The number of pyridine rings is 1. The zero-order valence-corrected chi connectivity index (χ0v) is 19.5. The highest BCUT2D eigenvalue weighted by atomic mass is 79.9. The van der Waals surface area contributed by atoms with Gasteiger partial charge in [0.2, 0.25) is 0 Å². The SMILES string of the molecule is C[C@@H]1Cc2c(ccc3c2cnn3C2CCCCO2)[C@@H](c2ncc(Br)cc2F)N1CC(F)(F)F. The molecular weight excluding hydrogens is 504 g/mol. The number of aromatic nitrogens is 3. The van der Waals surface area contributed by atoms with Crippen molar-refractivity contribution in [3.63, 3.8) is 0 Å². The first-order chi connectivity index (χ1) is 15.7. The third kappa shape index (κ3) is 4.28. The number of halogens is 5. The summed E-state index contributed by atoms with van der Waals surface area (Å²) in [5.74, 6) is -0.645. The van der Waals surface area contributed by atoms with Gasteiger partial charge in [0.25, 0.3) is 0 Å². The molecule has 4 heterocycles. The molecule has 0 amide bonds. The van der Waals surface area contributed by atoms with Crippen molar-refractivity contribution in [2.75, 3.05) is 13.2 Å². The van der Waals surface area contributed by atoms with Crippen molar-refractivity contribution < 1.29 is 22.3 Å². The Hall–Kier alpha value is -2.04. The summed E-state index contributed by atoms with van der Waals surface area (Å²) in [5, 5.41) is 5.42. The fraction of sp³-hybridized carbons (Fsp3) is 0.478. The lowest BCUT2D eigenvalue weighted by atomic mass is 9.85. The summed E-state index contributed by atoms with van der Waals surface area (Å²) in [6.07, 6.45) is 1.92. The zero-order valence-electron chi connectivity index (χ0n) is 17.9. The average Bonchev–Trinajstić information content (AvgIpc) is 3.19. The van der Waals surface area contributed by atoms with Crippen molar-refractivity contribution in [1.82, 2.24) is 19.7 Å². The van der Waals surface area contributed by atoms with E-state index in [2.05, 4.69) is 26.0 Å². The summed E-state index contributed by atoms with van der Waals surface area (Å²) in [4.78, 5) is 5.50. The molecular formula is C23H23BrF4N4O. The van der Waals surface area contributed by atoms with Crippen LogP contribution in [0.25, 0.3) is 10.9 Å². The van der Waals surface area contributed by atoms with Gasteiger partial charge in [0, 0.05) is 28.7 Å². The average molecular weight is 527 g/mol. The molecule has 1 fully saturated rings. The van der Waals surface area contributed by atoms with Gasteiger partial charge in [-0.15, -0.1) is 0 Å². The number of alkyl halides is 3. The maximum atomic E-state index is 15.0. The van der Waals surface area contributed by atoms with Crippen molar-refractivity contribution >= 4 is 26.8 Å². The second-order valence-electron chi connectivity index (χ2n) is 8.74. The van der Waals surface area contributed by atoms with Gasteiger partial charge in [-0.3, -0.25) is 9.88 Å². The van der Waals surface area contributed by atoms with E-state index in [4.69, 9.17) is 4.74 Å². The van der Waals surface area contributed by atoms with Gasteiger partial charge in [0.05, 0.1) is 30.0 Å². The van der Waals surface area contributed by atoms with E-state index < -0.39 is 30.6 Å². The van der Waals surface area contributed by atoms with E-state index in [0.717, 1.165) is 35.7 Å². The summed E-state index contributed by atoms with van der Waals surface area (Å²) >= 11 is 3.18. The summed E-state index contributed by atoms with van der Waals surface area (Å²) in [7, 11) is 0. The van der Waals surface area contributed by atoms with Gasteiger partial charge in [-0.1, -0.05) is 6.07 Å². The van der Waals surface area contributed by atoms with Crippen LogP contribution in [0.4, 0.5) is 17.6 Å². The Morgan fingerprint density at radius 3 is 2.73 bits per heavy atom. The number of hydrogen-bond acceptors (Lipinski definition) is 4. The standard InChI is InChI=1S/C23H23BrF4N4O/c1-13-8-16-15(5-6-19-17(16)11-30-32(19)20-4-2-3-7-33-20)22(31(13)12-23(26,27)28)21-18(25)9-14(24)10-29-21/h5-6,9-11,13,20,22H,2-4,7-8,12H2,1H3/t13-,20?,22+/m1/s1. The molecule has 0 radical (unpaired) electrons. The van der Waals surface area contributed by atoms with Crippen LogP contribution in [-0.2, 0) is 11.2 Å². The monoisotopic (exact) mass is 526 g/mol. The predicted octanol–water partition coefficient (Wildman–Crippen LogP) is 5.93. The van der Waals surface area contributed by atoms with Crippen LogP contribution in [0.3, 0.4) is 0 Å². The number of benzene rings is 1. The molecule has 3 aromatic rings. The molecule has 3 atom stereocenters. The number of rotatable bonds is 3. The number of hydrogen-bond donors (Lipinski definition) is 0. The summed E-state index contributed by atoms with van der Waals surface area (Å²) in [5.41, 5.74) is 2.37. The molecule has 1 aromatic carbocycles.